The molecule has 3 aromatic rings. The highest BCUT2D eigenvalue weighted by Crippen LogP contribution is 2.33. The minimum Gasteiger partial charge on any atom is -0.384 e. The third-order valence-electron chi connectivity index (χ3n) is 5.24. The Morgan fingerprint density at radius 1 is 1.03 bits per heavy atom. The highest BCUT2D eigenvalue weighted by atomic mass is 32.2. The number of hydrogen-bond acceptors (Lipinski definition) is 8. The third kappa shape index (κ3) is 4.39. The topological polar surface area (TPSA) is 124 Å². The average Bonchev–Trinajstić information content (AvgIpc) is 3.42. The Labute approximate surface area is 202 Å². The molecule has 0 unspecified atom stereocenters. The molecule has 1 aliphatic rings. The van der Waals surface area contributed by atoms with Gasteiger partial charge in [-0.05, 0) is 41.8 Å². The lowest BCUT2D eigenvalue weighted by Crippen LogP contribution is -2.45. The number of nitrogens with two attached hydrogens (primary N) is 1. The van der Waals surface area contributed by atoms with Crippen molar-refractivity contribution in [2.45, 2.75) is 20.0 Å². The van der Waals surface area contributed by atoms with E-state index >= 15 is 0 Å². The first-order valence-electron chi connectivity index (χ1n) is 10.3. The van der Waals surface area contributed by atoms with Gasteiger partial charge in [0.1, 0.15) is 11.4 Å². The molecule has 2 aromatic heterocycles. The molecule has 1 aromatic carbocycles. The quantitative estimate of drug-likeness (QED) is 0.394. The van der Waals surface area contributed by atoms with E-state index in [0.717, 1.165) is 36.2 Å². The molecule has 0 aliphatic carbocycles. The van der Waals surface area contributed by atoms with Crippen LogP contribution in [0, 0.1) is 0 Å². The number of imide groups is 1. The van der Waals surface area contributed by atoms with Gasteiger partial charge in [0.2, 0.25) is 0 Å². The first-order chi connectivity index (χ1) is 16.3. The summed E-state index contributed by atoms with van der Waals surface area (Å²) in [4.78, 5) is 66.0. The molecule has 0 spiro atoms. The van der Waals surface area contributed by atoms with Gasteiger partial charge in [0.25, 0.3) is 16.7 Å². The zero-order chi connectivity index (χ0) is 24.4. The Morgan fingerprint density at radius 2 is 1.76 bits per heavy atom. The van der Waals surface area contributed by atoms with Gasteiger partial charge in [-0.2, -0.15) is 0 Å². The van der Waals surface area contributed by atoms with Crippen molar-refractivity contribution >= 4 is 51.9 Å². The van der Waals surface area contributed by atoms with Crippen LogP contribution in [0.2, 0.25) is 0 Å². The molecule has 1 saturated heterocycles. The zero-order valence-electron chi connectivity index (χ0n) is 18.1. The van der Waals surface area contributed by atoms with E-state index in [1.807, 2.05) is 17.5 Å². The number of carbonyl (C=O) groups excluding carboxylic acids is 3. The molecule has 1 fully saturated rings. The molecular weight excluding hydrogens is 476 g/mol. The normalized spacial score (nSPS) is 14.9. The monoisotopic (exact) mass is 496 g/mol. The number of rotatable bonds is 7. The van der Waals surface area contributed by atoms with Crippen molar-refractivity contribution in [3.8, 4) is 0 Å². The van der Waals surface area contributed by atoms with Crippen LogP contribution in [0.1, 0.15) is 27.7 Å². The summed E-state index contributed by atoms with van der Waals surface area (Å²) < 4.78 is 2.06. The van der Waals surface area contributed by atoms with Crippen molar-refractivity contribution in [3.63, 3.8) is 0 Å². The van der Waals surface area contributed by atoms with E-state index in [2.05, 4.69) is 0 Å². The number of carbonyl (C=O) groups is 3. The summed E-state index contributed by atoms with van der Waals surface area (Å²) in [5.41, 5.74) is 4.99. The van der Waals surface area contributed by atoms with Gasteiger partial charge in [-0.15, -0.1) is 11.3 Å². The molecule has 0 saturated carbocycles. The Balaban J connectivity index is 1.69. The summed E-state index contributed by atoms with van der Waals surface area (Å²) in [6.45, 7) is 1.03. The largest absolute Gasteiger partial charge is 0.384 e. The second-order valence-electron chi connectivity index (χ2n) is 7.37. The summed E-state index contributed by atoms with van der Waals surface area (Å²) >= 11 is 2.13. The average molecular weight is 497 g/mol. The molecular formula is C23H20N4O5S2. The van der Waals surface area contributed by atoms with Crippen molar-refractivity contribution in [2.75, 3.05) is 12.3 Å². The second kappa shape index (κ2) is 9.65. The molecule has 34 heavy (non-hydrogen) atoms. The van der Waals surface area contributed by atoms with Gasteiger partial charge in [0.05, 0.1) is 18.0 Å². The van der Waals surface area contributed by atoms with Crippen LogP contribution in [-0.2, 0) is 17.9 Å². The molecule has 11 heteroatoms. The maximum Gasteiger partial charge on any atom is 0.332 e. The van der Waals surface area contributed by atoms with Crippen molar-refractivity contribution in [1.29, 1.82) is 0 Å². The van der Waals surface area contributed by atoms with E-state index in [1.54, 1.807) is 43.3 Å². The third-order valence-corrected chi connectivity index (χ3v) is 6.96. The van der Waals surface area contributed by atoms with Crippen molar-refractivity contribution < 1.29 is 14.4 Å². The maximum atomic E-state index is 13.2. The van der Waals surface area contributed by atoms with Crippen LogP contribution < -0.4 is 17.0 Å². The fraction of sp³-hybridized carbons (Fsp3) is 0.174. The van der Waals surface area contributed by atoms with Gasteiger partial charge < -0.3 is 5.73 Å². The highest BCUT2D eigenvalue weighted by molar-refractivity contribution is 8.18. The molecule has 174 valence electrons. The lowest BCUT2D eigenvalue weighted by molar-refractivity contribution is -0.122. The van der Waals surface area contributed by atoms with E-state index in [1.165, 1.54) is 11.3 Å². The second-order valence-corrected chi connectivity index (χ2v) is 9.34. The smallest absolute Gasteiger partial charge is 0.332 e. The zero-order valence-corrected chi connectivity index (χ0v) is 19.7. The van der Waals surface area contributed by atoms with Gasteiger partial charge in [0, 0.05) is 11.4 Å². The van der Waals surface area contributed by atoms with Gasteiger partial charge in [-0.1, -0.05) is 36.4 Å². The van der Waals surface area contributed by atoms with Crippen LogP contribution in [0.5, 0.6) is 0 Å². The summed E-state index contributed by atoms with van der Waals surface area (Å²) in [7, 11) is 0. The molecule has 2 amide bonds. The van der Waals surface area contributed by atoms with Crippen LogP contribution >= 0.6 is 23.1 Å². The number of nitrogen functional groups attached to an aromatic ring is 1. The molecule has 0 radical (unpaired) electrons. The first kappa shape index (κ1) is 23.5. The van der Waals surface area contributed by atoms with Gasteiger partial charge in [-0.3, -0.25) is 33.2 Å². The standard InChI is InChI=1S/C23H20N4O5S2/c1-2-25-21(30)18(19(24)26(22(25)31)12-14-7-4-3-5-8-14)16(28)13-27-20(29)17(34-23(27)32)11-15-9-6-10-33-15/h3-11H,2,12-13,24H2,1H3/b17-11-. The number of amides is 2. The van der Waals surface area contributed by atoms with Crippen LogP contribution in [0.15, 0.2) is 62.3 Å². The number of Topliss-reactive ketones (excluding diaryl/α,β-unsaturated/α-hetero) is 1. The molecule has 4 rings (SSSR count). The number of anilines is 1. The fourth-order valence-electron chi connectivity index (χ4n) is 3.54. The van der Waals surface area contributed by atoms with E-state index in [0.29, 0.717) is 0 Å². The molecule has 0 bridgehead atoms. The predicted molar refractivity (Wildman–Crippen MR) is 132 cm³/mol. The number of thiophene rings is 1. The first-order valence-corrected chi connectivity index (χ1v) is 12.0. The minimum atomic E-state index is -0.847. The lowest BCUT2D eigenvalue weighted by atomic mass is 10.1. The van der Waals surface area contributed by atoms with E-state index in [9.17, 15) is 24.0 Å². The minimum absolute atomic E-state index is 0.0259. The number of thioether (sulfide) groups is 1. The molecule has 1 aliphatic heterocycles. The lowest BCUT2D eigenvalue weighted by Gasteiger charge is -2.17. The van der Waals surface area contributed by atoms with Crippen molar-refractivity contribution in [1.82, 2.24) is 14.0 Å². The van der Waals surface area contributed by atoms with Crippen molar-refractivity contribution in [2.24, 2.45) is 0 Å². The molecule has 0 atom stereocenters. The molecule has 3 heterocycles. The number of nitrogens with zero attached hydrogens (tertiary/aromatic N) is 3. The number of ketones is 1. The van der Waals surface area contributed by atoms with Gasteiger partial charge in [0.15, 0.2) is 5.78 Å². The summed E-state index contributed by atoms with van der Waals surface area (Å²) in [6, 6.07) is 12.6. The van der Waals surface area contributed by atoms with Gasteiger partial charge >= 0.3 is 5.69 Å². The number of aromatic nitrogens is 2. The van der Waals surface area contributed by atoms with Crippen LogP contribution in [-0.4, -0.2) is 37.5 Å². The van der Waals surface area contributed by atoms with E-state index in [-0.39, 0.29) is 23.8 Å². The Kier molecular flexibility index (Phi) is 6.66. The highest BCUT2D eigenvalue weighted by Gasteiger charge is 2.37. The van der Waals surface area contributed by atoms with Crippen molar-refractivity contribution in [3.05, 3.63) is 89.6 Å². The van der Waals surface area contributed by atoms with Crippen LogP contribution in [0.3, 0.4) is 0 Å². The Morgan fingerprint density at radius 3 is 2.41 bits per heavy atom. The van der Waals surface area contributed by atoms with E-state index in [4.69, 9.17) is 5.73 Å². The van der Waals surface area contributed by atoms with Gasteiger partial charge in [-0.25, -0.2) is 4.79 Å². The number of hydrogen-bond donors (Lipinski definition) is 1. The Bertz CT molecular complexity index is 1420. The fourth-order valence-corrected chi connectivity index (χ4v) is 5.10. The SMILES string of the molecule is CCn1c(=O)c(C(=O)CN2C(=O)S/C(=C\c3cccs3)C2=O)c(N)n(Cc2ccccc2)c1=O. The summed E-state index contributed by atoms with van der Waals surface area (Å²) in [5, 5.41) is 1.22. The summed E-state index contributed by atoms with van der Waals surface area (Å²) in [5.74, 6) is -1.73. The van der Waals surface area contributed by atoms with Crippen LogP contribution in [0.25, 0.3) is 6.08 Å². The molecule has 2 N–H and O–H groups in total. The van der Waals surface area contributed by atoms with E-state index < -0.39 is 40.3 Å². The summed E-state index contributed by atoms with van der Waals surface area (Å²) in [6.07, 6.45) is 1.58. The molecule has 9 nitrogen and oxygen atoms in total. The number of benzene rings is 1. The Hall–Kier alpha value is -3.70. The maximum absolute atomic E-state index is 13.2. The predicted octanol–water partition coefficient (Wildman–Crippen LogP) is 2.64. The van der Waals surface area contributed by atoms with Crippen LogP contribution in [0.4, 0.5) is 10.6 Å².